The molecule has 0 aromatic heterocycles. The van der Waals surface area contributed by atoms with E-state index in [0.717, 1.165) is 38.0 Å². The number of nitrogens with zero attached hydrogens (tertiary/aromatic N) is 1. The third-order valence-electron chi connectivity index (χ3n) is 6.43. The molecule has 0 saturated heterocycles. The summed E-state index contributed by atoms with van der Waals surface area (Å²) in [5.74, 6) is -0.0806. The van der Waals surface area contributed by atoms with E-state index in [4.69, 9.17) is 0 Å². The molecular weight excluding hydrogens is 563 g/mol. The Labute approximate surface area is 211 Å². The van der Waals surface area contributed by atoms with Gasteiger partial charge < -0.3 is 33.8 Å². The second kappa shape index (κ2) is 10.5. The van der Waals surface area contributed by atoms with Crippen molar-refractivity contribution >= 4 is 38.3 Å². The molecule has 1 aliphatic carbocycles. The minimum atomic E-state index is -0.0806. The molecule has 1 N–H and O–H groups in total. The molecule has 31 heavy (non-hydrogen) atoms. The summed E-state index contributed by atoms with van der Waals surface area (Å²) in [6.07, 6.45) is 6.79. The van der Waals surface area contributed by atoms with Gasteiger partial charge >= 0.3 is 0 Å². The van der Waals surface area contributed by atoms with Crippen molar-refractivity contribution in [1.82, 2.24) is 0 Å². The first-order valence-electron chi connectivity index (χ1n) is 10.8. The van der Waals surface area contributed by atoms with Gasteiger partial charge in [-0.25, -0.2) is 0 Å². The van der Waals surface area contributed by atoms with E-state index in [1.54, 1.807) is 0 Å². The average Bonchev–Trinajstić information content (AvgIpc) is 2.75. The minimum absolute atomic E-state index is 0. The zero-order valence-electron chi connectivity index (χ0n) is 18.2. The summed E-state index contributed by atoms with van der Waals surface area (Å²) in [5, 5.41) is 5.21. The van der Waals surface area contributed by atoms with E-state index in [1.165, 1.54) is 37.7 Å². The first-order chi connectivity index (χ1) is 14.4. The number of rotatable bonds is 5. The van der Waals surface area contributed by atoms with Crippen molar-refractivity contribution in [1.29, 1.82) is 0 Å². The van der Waals surface area contributed by atoms with Crippen molar-refractivity contribution < 1.29 is 33.3 Å². The van der Waals surface area contributed by atoms with Gasteiger partial charge in [0, 0.05) is 21.3 Å². The van der Waals surface area contributed by atoms with E-state index >= 15 is 0 Å². The Kier molecular flexibility index (Phi) is 8.16. The van der Waals surface area contributed by atoms with Crippen LogP contribution in [-0.4, -0.2) is 30.5 Å². The monoisotopic (exact) mass is 592 g/mol. The van der Waals surface area contributed by atoms with Gasteiger partial charge in [0.2, 0.25) is 0 Å². The molecule has 1 amide bonds. The summed E-state index contributed by atoms with van der Waals surface area (Å²) in [6, 6.07) is 21.0. The molecule has 4 rings (SSSR count). The topological polar surface area (TPSA) is 29.1 Å². The van der Waals surface area contributed by atoms with Crippen LogP contribution in [0, 0.1) is 0 Å². The van der Waals surface area contributed by atoms with E-state index in [1.807, 2.05) is 48.5 Å². The fourth-order valence-corrected chi connectivity index (χ4v) is 5.01. The molecule has 1 fully saturated rings. The fraction of sp³-hybridized carbons (Fsp3) is 0.346. The highest BCUT2D eigenvalue weighted by molar-refractivity contribution is 9.10. The van der Waals surface area contributed by atoms with Crippen molar-refractivity contribution in [3.63, 3.8) is 0 Å². The number of hydrogen-bond donors (Lipinski definition) is 1. The SMILES string of the molecule is C[N+](C)(Cc1ccc(NC(=O)c2ccc3ccc(Br)cc3c2)cc1)C1CCCCC1.[I-]. The van der Waals surface area contributed by atoms with Gasteiger partial charge in [0.05, 0.1) is 20.1 Å². The van der Waals surface area contributed by atoms with Crippen molar-refractivity contribution in [2.45, 2.75) is 44.7 Å². The summed E-state index contributed by atoms with van der Waals surface area (Å²) in [7, 11) is 4.70. The predicted molar refractivity (Wildman–Crippen MR) is 129 cm³/mol. The van der Waals surface area contributed by atoms with Gasteiger partial charge in [-0.3, -0.25) is 4.79 Å². The summed E-state index contributed by atoms with van der Waals surface area (Å²) in [6.45, 7) is 1.03. The normalized spacial score (nSPS) is 14.8. The van der Waals surface area contributed by atoms with Crippen LogP contribution < -0.4 is 29.3 Å². The number of fused-ring (bicyclic) bond motifs is 1. The standard InChI is InChI=1S/C26H29BrN2O.HI/c1-29(2,25-6-4-3-5-7-25)18-19-8-14-24(15-9-19)28-26(30)21-11-10-20-12-13-23(27)17-22(20)16-21;/h8-17,25H,3-7,18H2,1-2H3;1H. The van der Waals surface area contributed by atoms with Crippen LogP contribution in [-0.2, 0) is 6.54 Å². The largest absolute Gasteiger partial charge is 1.00 e. The smallest absolute Gasteiger partial charge is 0.255 e. The number of hydrogen-bond acceptors (Lipinski definition) is 1. The second-order valence-electron chi connectivity index (χ2n) is 9.09. The number of quaternary nitrogens is 1. The van der Waals surface area contributed by atoms with E-state index in [9.17, 15) is 4.79 Å². The van der Waals surface area contributed by atoms with E-state index in [0.29, 0.717) is 5.56 Å². The van der Waals surface area contributed by atoms with Crippen molar-refractivity contribution in [3.05, 3.63) is 76.3 Å². The Balaban J connectivity index is 0.00000272. The lowest BCUT2D eigenvalue weighted by molar-refractivity contribution is -0.929. The molecule has 0 unspecified atom stereocenters. The number of carbonyl (C=O) groups excluding carboxylic acids is 1. The van der Waals surface area contributed by atoms with Crippen LogP contribution in [0.4, 0.5) is 5.69 Å². The molecule has 1 saturated carbocycles. The van der Waals surface area contributed by atoms with Gasteiger partial charge in [-0.2, -0.15) is 0 Å². The Morgan fingerprint density at radius 2 is 1.61 bits per heavy atom. The quantitative estimate of drug-likeness (QED) is 0.355. The second-order valence-corrected chi connectivity index (χ2v) is 10.0. The fourth-order valence-electron chi connectivity index (χ4n) is 4.64. The van der Waals surface area contributed by atoms with Gasteiger partial charge in [-0.15, -0.1) is 0 Å². The molecule has 3 aromatic carbocycles. The number of benzene rings is 3. The van der Waals surface area contributed by atoms with Crippen LogP contribution in [0.3, 0.4) is 0 Å². The number of anilines is 1. The lowest BCUT2D eigenvalue weighted by Crippen LogP contribution is -3.00. The van der Waals surface area contributed by atoms with Crippen LogP contribution in [0.2, 0.25) is 0 Å². The molecule has 3 aromatic rings. The van der Waals surface area contributed by atoms with E-state index in [2.05, 4.69) is 47.5 Å². The maximum Gasteiger partial charge on any atom is 0.255 e. The van der Waals surface area contributed by atoms with Crippen LogP contribution in [0.15, 0.2) is 65.1 Å². The lowest BCUT2D eigenvalue weighted by Gasteiger charge is -2.40. The molecule has 164 valence electrons. The highest BCUT2D eigenvalue weighted by Crippen LogP contribution is 2.28. The Morgan fingerprint density at radius 3 is 2.32 bits per heavy atom. The van der Waals surface area contributed by atoms with Crippen molar-refractivity contribution in [2.24, 2.45) is 0 Å². The highest BCUT2D eigenvalue weighted by Gasteiger charge is 2.29. The molecule has 5 heteroatoms. The average molecular weight is 593 g/mol. The molecule has 0 aliphatic heterocycles. The van der Waals surface area contributed by atoms with Gasteiger partial charge in [0.1, 0.15) is 6.54 Å². The third kappa shape index (κ3) is 6.08. The van der Waals surface area contributed by atoms with Crippen molar-refractivity contribution in [2.75, 3.05) is 19.4 Å². The van der Waals surface area contributed by atoms with Gasteiger partial charge in [-0.1, -0.05) is 46.6 Å². The molecule has 0 radical (unpaired) electrons. The third-order valence-corrected chi connectivity index (χ3v) is 6.92. The molecule has 3 nitrogen and oxygen atoms in total. The van der Waals surface area contributed by atoms with E-state index < -0.39 is 0 Å². The highest BCUT2D eigenvalue weighted by atomic mass is 127. The Bertz CT molecular complexity index is 1040. The number of halogens is 2. The molecule has 0 heterocycles. The van der Waals surface area contributed by atoms with Crippen LogP contribution in [0.5, 0.6) is 0 Å². The van der Waals surface area contributed by atoms with Gasteiger partial charge in [0.25, 0.3) is 5.91 Å². The molecule has 0 bridgehead atoms. The predicted octanol–water partition coefficient (Wildman–Crippen LogP) is 3.77. The summed E-state index contributed by atoms with van der Waals surface area (Å²) >= 11 is 3.50. The first-order valence-corrected chi connectivity index (χ1v) is 11.6. The summed E-state index contributed by atoms with van der Waals surface area (Å²) < 4.78 is 2.05. The van der Waals surface area contributed by atoms with Crippen LogP contribution >= 0.6 is 15.9 Å². The molecule has 1 aliphatic rings. The summed E-state index contributed by atoms with van der Waals surface area (Å²) in [5.41, 5.74) is 2.82. The van der Waals surface area contributed by atoms with Crippen LogP contribution in [0.1, 0.15) is 48.0 Å². The molecule has 0 spiro atoms. The number of amides is 1. The first kappa shape index (κ1) is 24.2. The van der Waals surface area contributed by atoms with Crippen molar-refractivity contribution in [3.8, 4) is 0 Å². The Morgan fingerprint density at radius 1 is 0.935 bits per heavy atom. The minimum Gasteiger partial charge on any atom is -1.00 e. The zero-order chi connectivity index (χ0) is 21.1. The maximum atomic E-state index is 12.7. The number of carbonyl (C=O) groups is 1. The van der Waals surface area contributed by atoms with Crippen LogP contribution in [0.25, 0.3) is 10.8 Å². The Hall–Kier alpha value is -1.44. The van der Waals surface area contributed by atoms with E-state index in [-0.39, 0.29) is 29.9 Å². The maximum absolute atomic E-state index is 12.7. The van der Waals surface area contributed by atoms with Gasteiger partial charge in [-0.05, 0) is 72.9 Å². The molecule has 0 atom stereocenters. The summed E-state index contributed by atoms with van der Waals surface area (Å²) in [4.78, 5) is 12.7. The molecular formula is C26H30BrIN2O. The zero-order valence-corrected chi connectivity index (χ0v) is 21.9. The number of nitrogens with one attached hydrogen (secondary N) is 1. The lowest BCUT2D eigenvalue weighted by atomic mass is 9.92. The van der Waals surface area contributed by atoms with Gasteiger partial charge in [0.15, 0.2) is 0 Å².